The number of ether oxygens (including phenoxy) is 1. The molecule has 2 aromatic heterocycles. The Bertz CT molecular complexity index is 881. The van der Waals surface area contributed by atoms with E-state index in [-0.39, 0.29) is 11.9 Å². The average Bonchev–Trinajstić information content (AvgIpc) is 3.21. The van der Waals surface area contributed by atoms with E-state index >= 15 is 0 Å². The van der Waals surface area contributed by atoms with E-state index in [0.29, 0.717) is 6.42 Å². The summed E-state index contributed by atoms with van der Waals surface area (Å²) in [5.74, 6) is 1.85. The minimum Gasteiger partial charge on any atom is -0.497 e. The Morgan fingerprint density at radius 3 is 3.29 bits per heavy atom. The van der Waals surface area contributed by atoms with Crippen LogP contribution in [0.15, 0.2) is 41.3 Å². The molecular weight excluding hydrogens is 306 g/mol. The summed E-state index contributed by atoms with van der Waals surface area (Å²) in [5.41, 5.74) is 1.63. The lowest BCUT2D eigenvalue weighted by Crippen LogP contribution is -2.41. The van der Waals surface area contributed by atoms with E-state index in [1.807, 2.05) is 30.6 Å². The third-order valence-corrected chi connectivity index (χ3v) is 4.51. The van der Waals surface area contributed by atoms with Gasteiger partial charge >= 0.3 is 0 Å². The van der Waals surface area contributed by atoms with Crippen LogP contribution in [0.5, 0.6) is 5.75 Å². The van der Waals surface area contributed by atoms with Gasteiger partial charge in [0.25, 0.3) is 0 Å². The van der Waals surface area contributed by atoms with Gasteiger partial charge in [-0.25, -0.2) is 4.98 Å². The first kappa shape index (κ1) is 14.8. The Hall–Kier alpha value is -2.76. The summed E-state index contributed by atoms with van der Waals surface area (Å²) < 4.78 is 12.8. The number of hydrogen-bond donors (Lipinski definition) is 1. The smallest absolute Gasteiger partial charge is 0.224 e. The van der Waals surface area contributed by atoms with E-state index < -0.39 is 0 Å². The zero-order valence-electron chi connectivity index (χ0n) is 13.5. The second-order valence-electron chi connectivity index (χ2n) is 6.10. The number of imidazole rings is 1. The topological polar surface area (TPSA) is 69.3 Å². The van der Waals surface area contributed by atoms with E-state index in [0.717, 1.165) is 47.5 Å². The highest BCUT2D eigenvalue weighted by Crippen LogP contribution is 2.26. The second kappa shape index (κ2) is 6.03. The number of furan rings is 1. The maximum Gasteiger partial charge on any atom is 0.224 e. The molecule has 0 aliphatic carbocycles. The highest BCUT2D eigenvalue weighted by molar-refractivity contribution is 5.88. The second-order valence-corrected chi connectivity index (χ2v) is 6.10. The molecule has 3 aromatic rings. The van der Waals surface area contributed by atoms with Crippen LogP contribution in [0.2, 0.25) is 0 Å². The molecule has 0 bridgehead atoms. The third kappa shape index (κ3) is 2.75. The molecule has 1 amide bonds. The Morgan fingerprint density at radius 1 is 1.50 bits per heavy atom. The number of carbonyl (C=O) groups excluding carboxylic acids is 1. The van der Waals surface area contributed by atoms with Crippen molar-refractivity contribution < 1.29 is 13.9 Å². The fraction of sp³-hybridized carbons (Fsp3) is 0.333. The Labute approximate surface area is 139 Å². The van der Waals surface area contributed by atoms with Crippen LogP contribution in [0.4, 0.5) is 0 Å². The van der Waals surface area contributed by atoms with Gasteiger partial charge in [-0.3, -0.25) is 4.79 Å². The molecule has 6 heteroatoms. The molecule has 0 spiro atoms. The summed E-state index contributed by atoms with van der Waals surface area (Å²) >= 11 is 0. The fourth-order valence-corrected chi connectivity index (χ4v) is 3.26. The maximum absolute atomic E-state index is 12.4. The van der Waals surface area contributed by atoms with E-state index in [9.17, 15) is 4.79 Å². The summed E-state index contributed by atoms with van der Waals surface area (Å²) in [6, 6.07) is 5.79. The van der Waals surface area contributed by atoms with Crippen LogP contribution in [0.3, 0.4) is 0 Å². The molecule has 1 atom stereocenters. The molecule has 0 saturated heterocycles. The lowest BCUT2D eigenvalue weighted by molar-refractivity contribution is -0.121. The minimum absolute atomic E-state index is 0.0158. The quantitative estimate of drug-likeness (QED) is 0.799. The van der Waals surface area contributed by atoms with Crippen molar-refractivity contribution in [1.29, 1.82) is 0 Å². The lowest BCUT2D eigenvalue weighted by Gasteiger charge is -2.24. The number of nitrogens with zero attached hydrogens (tertiary/aromatic N) is 2. The third-order valence-electron chi connectivity index (χ3n) is 4.51. The highest BCUT2D eigenvalue weighted by Gasteiger charge is 2.21. The summed E-state index contributed by atoms with van der Waals surface area (Å²) in [4.78, 5) is 16.7. The molecule has 1 N–H and O–H groups in total. The molecule has 1 aromatic carbocycles. The molecular formula is C18H19N3O3. The van der Waals surface area contributed by atoms with Crippen LogP contribution in [0.1, 0.15) is 17.8 Å². The monoisotopic (exact) mass is 325 g/mol. The number of nitrogens with one attached hydrogen (secondary N) is 1. The number of hydrogen-bond acceptors (Lipinski definition) is 4. The van der Waals surface area contributed by atoms with Gasteiger partial charge in [-0.05, 0) is 18.6 Å². The van der Waals surface area contributed by atoms with Gasteiger partial charge in [0.15, 0.2) is 0 Å². The van der Waals surface area contributed by atoms with Crippen molar-refractivity contribution in [2.75, 3.05) is 7.11 Å². The standard InChI is InChI=1S/C18H19N3O3/c1-23-14-3-4-15-12(11-24-16(15)9-14)8-18(22)20-13-2-5-17-19-6-7-21(17)10-13/h3-4,6-7,9,11,13H,2,5,8,10H2,1H3,(H,20,22)/t13-/m1/s1. The molecule has 0 radical (unpaired) electrons. The molecule has 4 rings (SSSR count). The summed E-state index contributed by atoms with van der Waals surface area (Å²) in [6.45, 7) is 0.782. The number of carbonyl (C=O) groups is 1. The molecule has 1 aliphatic rings. The predicted octanol–water partition coefficient (Wildman–Crippen LogP) is 2.31. The number of amides is 1. The number of benzene rings is 1. The van der Waals surface area contributed by atoms with Crippen molar-refractivity contribution in [1.82, 2.24) is 14.9 Å². The largest absolute Gasteiger partial charge is 0.497 e. The summed E-state index contributed by atoms with van der Waals surface area (Å²) in [5, 5.41) is 4.07. The van der Waals surface area contributed by atoms with Crippen molar-refractivity contribution in [2.45, 2.75) is 31.8 Å². The number of fused-ring (bicyclic) bond motifs is 2. The number of methoxy groups -OCH3 is 1. The first-order valence-electron chi connectivity index (χ1n) is 8.06. The van der Waals surface area contributed by atoms with Gasteiger partial charge in [0.05, 0.1) is 19.8 Å². The van der Waals surface area contributed by atoms with Crippen LogP contribution in [0.25, 0.3) is 11.0 Å². The maximum atomic E-state index is 12.4. The lowest BCUT2D eigenvalue weighted by atomic mass is 10.1. The van der Waals surface area contributed by atoms with E-state index in [1.54, 1.807) is 13.4 Å². The summed E-state index contributed by atoms with van der Waals surface area (Å²) in [7, 11) is 1.62. The molecule has 6 nitrogen and oxygen atoms in total. The van der Waals surface area contributed by atoms with Gasteiger partial charge in [0.1, 0.15) is 17.2 Å². The Kier molecular flexibility index (Phi) is 3.72. The molecule has 124 valence electrons. The molecule has 0 fully saturated rings. The normalized spacial score (nSPS) is 16.8. The zero-order valence-corrected chi connectivity index (χ0v) is 13.5. The van der Waals surface area contributed by atoms with Gasteiger partial charge in [0.2, 0.25) is 5.91 Å². The van der Waals surface area contributed by atoms with Crippen molar-refractivity contribution >= 4 is 16.9 Å². The van der Waals surface area contributed by atoms with Gasteiger partial charge in [0, 0.05) is 48.4 Å². The van der Waals surface area contributed by atoms with E-state index in [2.05, 4.69) is 14.9 Å². The van der Waals surface area contributed by atoms with Gasteiger partial charge in [-0.2, -0.15) is 0 Å². The van der Waals surface area contributed by atoms with Crippen molar-refractivity contribution in [3.8, 4) is 5.75 Å². The van der Waals surface area contributed by atoms with Gasteiger partial charge in [-0.15, -0.1) is 0 Å². The number of rotatable bonds is 4. The average molecular weight is 325 g/mol. The molecule has 24 heavy (non-hydrogen) atoms. The first-order valence-corrected chi connectivity index (χ1v) is 8.06. The van der Waals surface area contributed by atoms with Crippen molar-refractivity contribution in [3.05, 3.63) is 48.2 Å². The number of aromatic nitrogens is 2. The van der Waals surface area contributed by atoms with E-state index in [1.165, 1.54) is 0 Å². The fourth-order valence-electron chi connectivity index (χ4n) is 3.26. The number of aryl methyl sites for hydroxylation is 1. The molecule has 1 aliphatic heterocycles. The minimum atomic E-state index is 0.0158. The molecule has 0 unspecified atom stereocenters. The van der Waals surface area contributed by atoms with Crippen LogP contribution in [0, 0.1) is 0 Å². The Morgan fingerprint density at radius 2 is 2.42 bits per heavy atom. The highest BCUT2D eigenvalue weighted by atomic mass is 16.5. The van der Waals surface area contributed by atoms with Crippen LogP contribution in [-0.2, 0) is 24.2 Å². The van der Waals surface area contributed by atoms with Crippen molar-refractivity contribution in [3.63, 3.8) is 0 Å². The van der Waals surface area contributed by atoms with Crippen LogP contribution >= 0.6 is 0 Å². The zero-order chi connectivity index (χ0) is 16.5. The van der Waals surface area contributed by atoms with Gasteiger partial charge in [-0.1, -0.05) is 0 Å². The van der Waals surface area contributed by atoms with Crippen LogP contribution < -0.4 is 10.1 Å². The van der Waals surface area contributed by atoms with Gasteiger partial charge < -0.3 is 19.0 Å². The van der Waals surface area contributed by atoms with Crippen LogP contribution in [-0.4, -0.2) is 28.6 Å². The van der Waals surface area contributed by atoms with Crippen molar-refractivity contribution in [2.24, 2.45) is 0 Å². The first-order chi connectivity index (χ1) is 11.7. The van der Waals surface area contributed by atoms with E-state index in [4.69, 9.17) is 9.15 Å². The SMILES string of the molecule is COc1ccc2c(CC(=O)N[C@@H]3CCc4nccn4C3)coc2c1. The molecule has 3 heterocycles. The Balaban J connectivity index is 1.43. The predicted molar refractivity (Wildman–Crippen MR) is 88.9 cm³/mol. The summed E-state index contributed by atoms with van der Waals surface area (Å²) in [6.07, 6.45) is 7.56. The molecule has 0 saturated carbocycles.